The summed E-state index contributed by atoms with van der Waals surface area (Å²) in [6, 6.07) is 20.0. The minimum atomic E-state index is -0.172. The number of para-hydroxylation sites is 1. The highest BCUT2D eigenvalue weighted by Gasteiger charge is 2.21. The minimum Gasteiger partial charge on any atom is -0.496 e. The summed E-state index contributed by atoms with van der Waals surface area (Å²) in [7, 11) is 1.69. The summed E-state index contributed by atoms with van der Waals surface area (Å²) in [6.07, 6.45) is 2.97. The molecule has 0 N–H and O–H groups in total. The van der Waals surface area contributed by atoms with Crippen molar-refractivity contribution in [3.63, 3.8) is 0 Å². The largest absolute Gasteiger partial charge is 0.496 e. The number of hydrogen-bond acceptors (Lipinski definition) is 3. The quantitative estimate of drug-likeness (QED) is 0.532. The highest BCUT2D eigenvalue weighted by atomic mass is 16.5. The second-order valence-corrected chi connectivity index (χ2v) is 6.73. The van der Waals surface area contributed by atoms with Crippen LogP contribution in [0.5, 0.6) is 5.75 Å². The normalized spacial score (nSPS) is 14.8. The van der Waals surface area contributed by atoms with Crippen molar-refractivity contribution < 1.29 is 4.74 Å². The van der Waals surface area contributed by atoms with Gasteiger partial charge in [-0.2, -0.15) is 4.98 Å². The van der Waals surface area contributed by atoms with E-state index in [0.717, 1.165) is 52.0 Å². The van der Waals surface area contributed by atoms with Gasteiger partial charge in [0.25, 0.3) is 5.56 Å². The maximum absolute atomic E-state index is 12.5. The lowest BCUT2D eigenvalue weighted by Crippen LogP contribution is -2.14. The van der Waals surface area contributed by atoms with E-state index in [9.17, 15) is 4.79 Å². The van der Waals surface area contributed by atoms with Crippen molar-refractivity contribution in [1.29, 1.82) is 0 Å². The molecule has 132 valence electrons. The zero-order chi connectivity index (χ0) is 18.4. The van der Waals surface area contributed by atoms with Crippen molar-refractivity contribution in [3.8, 4) is 5.75 Å². The molecule has 0 aliphatic carbocycles. The van der Waals surface area contributed by atoms with Gasteiger partial charge in [0, 0.05) is 12.1 Å². The van der Waals surface area contributed by atoms with Crippen molar-refractivity contribution in [1.82, 2.24) is 9.55 Å². The van der Waals surface area contributed by atoms with Crippen LogP contribution < -0.4 is 10.3 Å². The van der Waals surface area contributed by atoms with E-state index in [-0.39, 0.29) is 5.56 Å². The molecule has 1 aliphatic heterocycles. The van der Waals surface area contributed by atoms with Crippen LogP contribution in [0.25, 0.3) is 33.3 Å². The van der Waals surface area contributed by atoms with Crippen LogP contribution in [-0.2, 0) is 6.54 Å². The number of allylic oxidation sites excluding steroid dienone is 1. The SMILES string of the molecule is COc1ccc2ccccc2c1/C=C1\CCn2c1nc(=O)c1ccccc12. The Morgan fingerprint density at radius 2 is 1.78 bits per heavy atom. The van der Waals surface area contributed by atoms with Gasteiger partial charge < -0.3 is 9.30 Å². The zero-order valence-corrected chi connectivity index (χ0v) is 15.0. The molecule has 0 spiro atoms. The molecule has 3 aromatic carbocycles. The van der Waals surface area contributed by atoms with Crippen molar-refractivity contribution >= 4 is 33.3 Å². The molecule has 0 fully saturated rings. The molecule has 4 heteroatoms. The Morgan fingerprint density at radius 1 is 1.00 bits per heavy atom. The lowest BCUT2D eigenvalue weighted by molar-refractivity contribution is 0.414. The Labute approximate surface area is 156 Å². The van der Waals surface area contributed by atoms with Crippen LogP contribution in [0, 0.1) is 0 Å². The number of methoxy groups -OCH3 is 1. The number of fused-ring (bicyclic) bond motifs is 4. The summed E-state index contributed by atoms with van der Waals surface area (Å²) >= 11 is 0. The second kappa shape index (κ2) is 6.09. The second-order valence-electron chi connectivity index (χ2n) is 6.73. The third-order valence-corrected chi connectivity index (χ3v) is 5.25. The van der Waals surface area contributed by atoms with Gasteiger partial charge in [0.1, 0.15) is 11.6 Å². The lowest BCUT2D eigenvalue weighted by atomic mass is 10.0. The fraction of sp³-hybridized carbons (Fsp3) is 0.130. The number of nitrogens with zero attached hydrogens (tertiary/aromatic N) is 2. The van der Waals surface area contributed by atoms with Crippen LogP contribution in [0.15, 0.2) is 65.5 Å². The third-order valence-electron chi connectivity index (χ3n) is 5.25. The van der Waals surface area contributed by atoms with Gasteiger partial charge in [0.05, 0.1) is 18.0 Å². The number of aryl methyl sites for hydroxylation is 1. The van der Waals surface area contributed by atoms with Crippen LogP contribution in [0.1, 0.15) is 17.8 Å². The molecule has 5 rings (SSSR count). The van der Waals surface area contributed by atoms with Crippen LogP contribution in [0.4, 0.5) is 0 Å². The van der Waals surface area contributed by atoms with Gasteiger partial charge in [-0.3, -0.25) is 4.79 Å². The first kappa shape index (κ1) is 15.8. The van der Waals surface area contributed by atoms with Gasteiger partial charge in [-0.1, -0.05) is 42.5 Å². The maximum Gasteiger partial charge on any atom is 0.281 e. The fourth-order valence-corrected chi connectivity index (χ4v) is 3.95. The molecular formula is C23H18N2O2. The first-order chi connectivity index (χ1) is 13.3. The van der Waals surface area contributed by atoms with E-state index in [4.69, 9.17) is 4.74 Å². The van der Waals surface area contributed by atoms with E-state index in [1.54, 1.807) is 7.11 Å². The Bertz CT molecular complexity index is 1280. The number of rotatable bonds is 2. The molecule has 4 nitrogen and oxygen atoms in total. The topological polar surface area (TPSA) is 44.1 Å². The van der Waals surface area contributed by atoms with Gasteiger partial charge in [0.15, 0.2) is 0 Å². The standard InChI is InChI=1S/C23H18N2O2/c1-27-21-11-10-15-6-2-3-7-17(15)19(21)14-16-12-13-25-20-9-5-4-8-18(20)23(26)24-22(16)25/h2-11,14H,12-13H2,1H3/b16-14+. The molecule has 4 aromatic rings. The molecule has 0 unspecified atom stereocenters. The van der Waals surface area contributed by atoms with Gasteiger partial charge >= 0.3 is 0 Å². The van der Waals surface area contributed by atoms with Gasteiger partial charge in [-0.25, -0.2) is 0 Å². The molecule has 0 saturated heterocycles. The van der Waals surface area contributed by atoms with Crippen LogP contribution in [0.3, 0.4) is 0 Å². The average molecular weight is 354 g/mol. The maximum atomic E-state index is 12.5. The monoisotopic (exact) mass is 354 g/mol. The minimum absolute atomic E-state index is 0.172. The van der Waals surface area contributed by atoms with E-state index in [2.05, 4.69) is 33.8 Å². The number of hydrogen-bond donors (Lipinski definition) is 0. The summed E-state index contributed by atoms with van der Waals surface area (Å²) in [6.45, 7) is 0.821. The molecule has 0 radical (unpaired) electrons. The van der Waals surface area contributed by atoms with Crippen molar-refractivity contribution in [3.05, 3.63) is 82.4 Å². The first-order valence-corrected chi connectivity index (χ1v) is 9.02. The van der Waals surface area contributed by atoms with Crippen LogP contribution in [0.2, 0.25) is 0 Å². The van der Waals surface area contributed by atoms with Crippen molar-refractivity contribution in [2.75, 3.05) is 7.11 Å². The summed E-state index contributed by atoms with van der Waals surface area (Å²) in [5.74, 6) is 1.58. The molecule has 0 bridgehead atoms. The zero-order valence-electron chi connectivity index (χ0n) is 15.0. The van der Waals surface area contributed by atoms with Gasteiger partial charge in [-0.15, -0.1) is 0 Å². The fourth-order valence-electron chi connectivity index (χ4n) is 3.95. The molecule has 2 heterocycles. The Morgan fingerprint density at radius 3 is 2.63 bits per heavy atom. The summed E-state index contributed by atoms with van der Waals surface area (Å²) in [5, 5.41) is 2.96. The number of benzene rings is 3. The van der Waals surface area contributed by atoms with Crippen LogP contribution >= 0.6 is 0 Å². The number of ether oxygens (including phenoxy) is 1. The molecule has 27 heavy (non-hydrogen) atoms. The highest BCUT2D eigenvalue weighted by Crippen LogP contribution is 2.35. The van der Waals surface area contributed by atoms with Gasteiger partial charge in [-0.05, 0) is 47.0 Å². The highest BCUT2D eigenvalue weighted by molar-refractivity contribution is 5.98. The predicted molar refractivity (Wildman–Crippen MR) is 109 cm³/mol. The average Bonchev–Trinajstić information content (AvgIpc) is 3.11. The summed E-state index contributed by atoms with van der Waals surface area (Å²) in [4.78, 5) is 16.9. The Hall–Kier alpha value is -3.40. The van der Waals surface area contributed by atoms with Crippen molar-refractivity contribution in [2.24, 2.45) is 0 Å². The molecular weight excluding hydrogens is 336 g/mol. The molecule has 1 aromatic heterocycles. The van der Waals surface area contributed by atoms with Crippen LogP contribution in [-0.4, -0.2) is 16.7 Å². The van der Waals surface area contributed by atoms with E-state index in [1.807, 2.05) is 42.5 Å². The lowest BCUT2D eigenvalue weighted by Gasteiger charge is -2.10. The summed E-state index contributed by atoms with van der Waals surface area (Å²) in [5.41, 5.74) is 2.87. The van der Waals surface area contributed by atoms with E-state index < -0.39 is 0 Å². The van der Waals surface area contributed by atoms with E-state index >= 15 is 0 Å². The Balaban J connectivity index is 1.77. The third kappa shape index (κ3) is 2.45. The molecule has 0 atom stereocenters. The van der Waals surface area contributed by atoms with E-state index in [0.29, 0.717) is 5.39 Å². The molecule has 0 amide bonds. The first-order valence-electron chi connectivity index (χ1n) is 9.02. The summed E-state index contributed by atoms with van der Waals surface area (Å²) < 4.78 is 7.75. The van der Waals surface area contributed by atoms with Crippen molar-refractivity contribution in [2.45, 2.75) is 13.0 Å². The smallest absolute Gasteiger partial charge is 0.281 e. The number of aromatic nitrogens is 2. The van der Waals surface area contributed by atoms with Gasteiger partial charge in [0.2, 0.25) is 0 Å². The predicted octanol–water partition coefficient (Wildman–Crippen LogP) is 4.50. The molecule has 1 aliphatic rings. The molecule has 0 saturated carbocycles. The Kier molecular flexibility index (Phi) is 3.57. The van der Waals surface area contributed by atoms with E-state index in [1.165, 1.54) is 0 Å².